The Morgan fingerprint density at radius 3 is 2.52 bits per heavy atom. The summed E-state index contributed by atoms with van der Waals surface area (Å²) >= 11 is 1.36. The number of carbonyl (C=O) groups excluding carboxylic acids is 2. The molecule has 25 heavy (non-hydrogen) atoms. The molecule has 0 spiro atoms. The van der Waals surface area contributed by atoms with Gasteiger partial charge in [-0.05, 0) is 36.3 Å². The van der Waals surface area contributed by atoms with Crippen LogP contribution in [0.5, 0.6) is 0 Å². The summed E-state index contributed by atoms with van der Waals surface area (Å²) in [5.74, 6) is -0.0416. The van der Waals surface area contributed by atoms with Gasteiger partial charge in [-0.15, -0.1) is 11.3 Å². The molecule has 3 rings (SSSR count). The first-order chi connectivity index (χ1) is 12.0. The van der Waals surface area contributed by atoms with Crippen LogP contribution in [0.4, 0.5) is 5.00 Å². The van der Waals surface area contributed by atoms with Crippen LogP contribution in [0.2, 0.25) is 0 Å². The number of amides is 2. The third-order valence-electron chi connectivity index (χ3n) is 4.80. The van der Waals surface area contributed by atoms with Crippen molar-refractivity contribution in [2.24, 2.45) is 17.6 Å². The zero-order valence-electron chi connectivity index (χ0n) is 14.7. The molecule has 0 unspecified atom stereocenters. The van der Waals surface area contributed by atoms with Crippen LogP contribution in [0.1, 0.15) is 49.0 Å². The predicted octanol–water partition coefficient (Wildman–Crippen LogP) is 4.45. The molecule has 2 atom stereocenters. The maximum absolute atomic E-state index is 12.2. The van der Waals surface area contributed by atoms with E-state index in [-0.39, 0.29) is 11.8 Å². The average molecular weight is 356 g/mol. The van der Waals surface area contributed by atoms with Gasteiger partial charge in [-0.3, -0.25) is 9.59 Å². The fourth-order valence-electron chi connectivity index (χ4n) is 3.03. The summed E-state index contributed by atoms with van der Waals surface area (Å²) in [5.41, 5.74) is 9.04. The van der Waals surface area contributed by atoms with E-state index >= 15 is 0 Å². The van der Waals surface area contributed by atoms with Gasteiger partial charge in [0, 0.05) is 16.9 Å². The van der Waals surface area contributed by atoms with Crippen LogP contribution in [-0.2, 0) is 11.2 Å². The molecule has 3 N–H and O–H groups in total. The second-order valence-electron chi connectivity index (χ2n) is 6.83. The number of thiophene rings is 1. The molecule has 1 aromatic heterocycles. The highest BCUT2D eigenvalue weighted by atomic mass is 32.1. The minimum absolute atomic E-state index is 0.0155. The van der Waals surface area contributed by atoms with Crippen molar-refractivity contribution in [2.45, 2.75) is 39.5 Å². The zero-order valence-corrected chi connectivity index (χ0v) is 15.5. The molecule has 1 heterocycles. The normalized spacial score (nSPS) is 18.8. The van der Waals surface area contributed by atoms with Gasteiger partial charge in [0.25, 0.3) is 5.91 Å². The van der Waals surface area contributed by atoms with Gasteiger partial charge in [0.05, 0.1) is 5.56 Å². The van der Waals surface area contributed by atoms with Gasteiger partial charge in [0.2, 0.25) is 5.91 Å². The standard InChI is InChI=1S/C20H24N2O2S/c1-3-4-5-13-6-8-14(9-7-13)16-11-25-20(17(16)18(21)23)22-19(24)15-10-12(15)2/h6-9,11-12,15H,3-5,10H2,1-2H3,(H2,21,23)(H,22,24)/t12-,15-/m0/s1. The number of nitrogens with one attached hydrogen (secondary N) is 1. The second-order valence-corrected chi connectivity index (χ2v) is 7.71. The Bertz CT molecular complexity index is 779. The molecule has 4 nitrogen and oxygen atoms in total. The number of primary amides is 1. The van der Waals surface area contributed by atoms with E-state index in [4.69, 9.17) is 5.73 Å². The lowest BCUT2D eigenvalue weighted by atomic mass is 10.0. The van der Waals surface area contributed by atoms with Gasteiger partial charge in [-0.2, -0.15) is 0 Å². The molecule has 5 heteroatoms. The Morgan fingerprint density at radius 1 is 1.28 bits per heavy atom. The first-order valence-electron chi connectivity index (χ1n) is 8.82. The van der Waals surface area contributed by atoms with Crippen molar-refractivity contribution in [1.29, 1.82) is 0 Å². The Hall–Kier alpha value is -2.14. The largest absolute Gasteiger partial charge is 0.365 e. The Kier molecular flexibility index (Phi) is 5.23. The number of aryl methyl sites for hydroxylation is 1. The maximum atomic E-state index is 12.2. The van der Waals surface area contributed by atoms with E-state index < -0.39 is 5.91 Å². The molecular weight excluding hydrogens is 332 g/mol. The highest BCUT2D eigenvalue weighted by molar-refractivity contribution is 7.15. The molecule has 1 aliphatic rings. The van der Waals surface area contributed by atoms with Crippen molar-refractivity contribution >= 4 is 28.2 Å². The van der Waals surface area contributed by atoms with Crippen LogP contribution in [0.3, 0.4) is 0 Å². The quantitative estimate of drug-likeness (QED) is 0.769. The van der Waals surface area contributed by atoms with Crippen LogP contribution < -0.4 is 11.1 Å². The lowest BCUT2D eigenvalue weighted by Gasteiger charge is -2.07. The highest BCUT2D eigenvalue weighted by Gasteiger charge is 2.39. The van der Waals surface area contributed by atoms with Gasteiger partial charge in [-0.25, -0.2) is 0 Å². The predicted molar refractivity (Wildman–Crippen MR) is 103 cm³/mol. The van der Waals surface area contributed by atoms with E-state index in [0.717, 1.165) is 24.0 Å². The van der Waals surface area contributed by atoms with Crippen LogP contribution in [0.15, 0.2) is 29.6 Å². The van der Waals surface area contributed by atoms with E-state index in [1.807, 2.05) is 17.5 Å². The number of rotatable bonds is 7. The van der Waals surface area contributed by atoms with E-state index in [0.29, 0.717) is 16.5 Å². The number of nitrogens with two attached hydrogens (primary N) is 1. The molecule has 132 valence electrons. The summed E-state index contributed by atoms with van der Waals surface area (Å²) in [6, 6.07) is 8.23. The average Bonchev–Trinajstić information content (AvgIpc) is 3.18. The van der Waals surface area contributed by atoms with Crippen LogP contribution in [0.25, 0.3) is 11.1 Å². The first kappa shape index (κ1) is 17.7. The van der Waals surface area contributed by atoms with Crippen LogP contribution >= 0.6 is 11.3 Å². The summed E-state index contributed by atoms with van der Waals surface area (Å²) in [5, 5.41) is 5.35. The van der Waals surface area contributed by atoms with E-state index in [2.05, 4.69) is 31.3 Å². The van der Waals surface area contributed by atoms with E-state index in [1.165, 1.54) is 29.7 Å². The fraction of sp³-hybridized carbons (Fsp3) is 0.400. The van der Waals surface area contributed by atoms with Gasteiger partial charge < -0.3 is 11.1 Å². The summed E-state index contributed by atoms with van der Waals surface area (Å²) < 4.78 is 0. The van der Waals surface area contributed by atoms with Crippen molar-refractivity contribution in [3.05, 3.63) is 40.8 Å². The fourth-order valence-corrected chi connectivity index (χ4v) is 4.01. The van der Waals surface area contributed by atoms with Crippen molar-refractivity contribution in [3.8, 4) is 11.1 Å². The number of unbranched alkanes of at least 4 members (excludes halogenated alkanes) is 1. The monoisotopic (exact) mass is 356 g/mol. The number of hydrogen-bond donors (Lipinski definition) is 2. The molecular formula is C20H24N2O2S. The molecule has 1 saturated carbocycles. The van der Waals surface area contributed by atoms with Crippen molar-refractivity contribution in [2.75, 3.05) is 5.32 Å². The van der Waals surface area contributed by atoms with Gasteiger partial charge in [0.15, 0.2) is 0 Å². The SMILES string of the molecule is CCCCc1ccc(-c2csc(NC(=O)[C@H]3C[C@@H]3C)c2C(N)=O)cc1. The molecule has 0 aliphatic heterocycles. The summed E-state index contributed by atoms with van der Waals surface area (Å²) in [6.07, 6.45) is 4.31. The number of carbonyl (C=O) groups is 2. The zero-order chi connectivity index (χ0) is 18.0. The lowest BCUT2D eigenvalue weighted by Crippen LogP contribution is -2.18. The molecule has 0 radical (unpaired) electrons. The number of anilines is 1. The van der Waals surface area contributed by atoms with E-state index in [9.17, 15) is 9.59 Å². The topological polar surface area (TPSA) is 72.2 Å². The molecule has 1 aliphatic carbocycles. The molecule has 0 saturated heterocycles. The Balaban J connectivity index is 1.83. The minimum atomic E-state index is -0.509. The molecule has 1 fully saturated rings. The van der Waals surface area contributed by atoms with Gasteiger partial charge >= 0.3 is 0 Å². The second kappa shape index (κ2) is 7.40. The van der Waals surface area contributed by atoms with Gasteiger partial charge in [-0.1, -0.05) is 44.5 Å². The molecule has 2 aromatic rings. The van der Waals surface area contributed by atoms with E-state index in [1.54, 1.807) is 0 Å². The van der Waals surface area contributed by atoms with Gasteiger partial charge in [0.1, 0.15) is 5.00 Å². The van der Waals surface area contributed by atoms with Crippen LogP contribution in [0, 0.1) is 11.8 Å². The first-order valence-corrected chi connectivity index (χ1v) is 9.70. The summed E-state index contributed by atoms with van der Waals surface area (Å²) in [4.78, 5) is 24.2. The number of benzene rings is 1. The molecule has 2 amide bonds. The number of hydrogen-bond acceptors (Lipinski definition) is 3. The summed E-state index contributed by atoms with van der Waals surface area (Å²) in [7, 11) is 0. The minimum Gasteiger partial charge on any atom is -0.365 e. The Morgan fingerprint density at radius 2 is 1.96 bits per heavy atom. The third-order valence-corrected chi connectivity index (χ3v) is 5.70. The summed E-state index contributed by atoms with van der Waals surface area (Å²) in [6.45, 7) is 4.23. The third kappa shape index (κ3) is 3.93. The highest BCUT2D eigenvalue weighted by Crippen LogP contribution is 2.40. The molecule has 1 aromatic carbocycles. The maximum Gasteiger partial charge on any atom is 0.252 e. The lowest BCUT2D eigenvalue weighted by molar-refractivity contribution is -0.117. The van der Waals surface area contributed by atoms with Crippen LogP contribution in [-0.4, -0.2) is 11.8 Å². The molecule has 0 bridgehead atoms. The van der Waals surface area contributed by atoms with Crippen molar-refractivity contribution in [1.82, 2.24) is 0 Å². The Labute approximate surface area is 152 Å². The van der Waals surface area contributed by atoms with Crippen molar-refractivity contribution in [3.63, 3.8) is 0 Å². The van der Waals surface area contributed by atoms with Crippen molar-refractivity contribution < 1.29 is 9.59 Å². The smallest absolute Gasteiger partial charge is 0.252 e.